The van der Waals surface area contributed by atoms with Gasteiger partial charge in [-0.2, -0.15) is 0 Å². The second-order valence-corrected chi connectivity index (χ2v) is 5.10. The molecule has 2 rings (SSSR count). The normalized spacial score (nSPS) is 10.2. The molecule has 0 spiro atoms. The summed E-state index contributed by atoms with van der Waals surface area (Å²) in [4.78, 5) is 2.22. The smallest absolute Gasteiger partial charge is 0.127 e. The predicted octanol–water partition coefficient (Wildman–Crippen LogP) is 3.34. The summed E-state index contributed by atoms with van der Waals surface area (Å²) in [5, 5.41) is 0. The first-order chi connectivity index (χ1) is 10.1. The standard InChI is InChI=1S/C17H22N2O2.ClH/c1-19(11-13-5-4-6-15(18)9-13)12-14-7-8-16(20-2)10-17(14)21-3;/h4-10H,11-12,18H2,1-3H3;1H. The molecule has 0 bridgehead atoms. The van der Waals surface area contributed by atoms with Crippen molar-refractivity contribution >= 4 is 18.1 Å². The fourth-order valence-electron chi connectivity index (χ4n) is 2.33. The van der Waals surface area contributed by atoms with Crippen molar-refractivity contribution in [3.8, 4) is 11.5 Å². The van der Waals surface area contributed by atoms with Gasteiger partial charge in [0.1, 0.15) is 11.5 Å². The number of methoxy groups -OCH3 is 2. The number of halogens is 1. The van der Waals surface area contributed by atoms with Crippen LogP contribution in [0, 0.1) is 0 Å². The van der Waals surface area contributed by atoms with E-state index in [-0.39, 0.29) is 12.4 Å². The molecule has 0 atom stereocenters. The molecule has 22 heavy (non-hydrogen) atoms. The maximum Gasteiger partial charge on any atom is 0.127 e. The highest BCUT2D eigenvalue weighted by Crippen LogP contribution is 2.25. The molecular formula is C17H23ClN2O2. The van der Waals surface area contributed by atoms with Crippen LogP contribution in [0.4, 0.5) is 5.69 Å². The first kappa shape index (κ1) is 18.1. The fraction of sp³-hybridized carbons (Fsp3) is 0.294. The number of anilines is 1. The Balaban J connectivity index is 0.00000242. The van der Waals surface area contributed by atoms with E-state index in [2.05, 4.69) is 18.0 Å². The van der Waals surface area contributed by atoms with Gasteiger partial charge in [0, 0.05) is 30.4 Å². The lowest BCUT2D eigenvalue weighted by Crippen LogP contribution is -2.17. The van der Waals surface area contributed by atoms with Crippen molar-refractivity contribution in [3.63, 3.8) is 0 Å². The van der Waals surface area contributed by atoms with E-state index in [1.165, 1.54) is 5.56 Å². The van der Waals surface area contributed by atoms with E-state index in [0.717, 1.165) is 35.8 Å². The molecule has 0 aliphatic carbocycles. The minimum absolute atomic E-state index is 0. The largest absolute Gasteiger partial charge is 0.497 e. The Kier molecular flexibility index (Phi) is 7.02. The predicted molar refractivity (Wildman–Crippen MR) is 92.8 cm³/mol. The minimum Gasteiger partial charge on any atom is -0.497 e. The van der Waals surface area contributed by atoms with Gasteiger partial charge in [-0.3, -0.25) is 4.90 Å². The van der Waals surface area contributed by atoms with Gasteiger partial charge in [-0.25, -0.2) is 0 Å². The van der Waals surface area contributed by atoms with Gasteiger partial charge in [0.15, 0.2) is 0 Å². The van der Waals surface area contributed by atoms with Crippen LogP contribution in [0.25, 0.3) is 0 Å². The van der Waals surface area contributed by atoms with Gasteiger partial charge in [0.25, 0.3) is 0 Å². The van der Waals surface area contributed by atoms with E-state index in [0.29, 0.717) is 0 Å². The molecule has 0 amide bonds. The SMILES string of the molecule is COc1ccc(CN(C)Cc2cccc(N)c2)c(OC)c1.Cl. The van der Waals surface area contributed by atoms with E-state index in [9.17, 15) is 0 Å². The Hall–Kier alpha value is -1.91. The lowest BCUT2D eigenvalue weighted by Gasteiger charge is -2.19. The molecule has 2 aromatic rings. The van der Waals surface area contributed by atoms with E-state index in [4.69, 9.17) is 15.2 Å². The van der Waals surface area contributed by atoms with Crippen LogP contribution < -0.4 is 15.2 Å². The van der Waals surface area contributed by atoms with Crippen molar-refractivity contribution in [1.82, 2.24) is 4.90 Å². The van der Waals surface area contributed by atoms with E-state index in [1.807, 2.05) is 36.4 Å². The summed E-state index contributed by atoms with van der Waals surface area (Å²) in [6.45, 7) is 1.63. The summed E-state index contributed by atoms with van der Waals surface area (Å²) < 4.78 is 10.6. The van der Waals surface area contributed by atoms with Crippen molar-refractivity contribution in [3.05, 3.63) is 53.6 Å². The Morgan fingerprint density at radius 3 is 2.41 bits per heavy atom. The van der Waals surface area contributed by atoms with Gasteiger partial charge in [0.2, 0.25) is 0 Å². The average Bonchev–Trinajstić information content (AvgIpc) is 2.47. The van der Waals surface area contributed by atoms with Gasteiger partial charge in [-0.1, -0.05) is 18.2 Å². The number of hydrogen-bond donors (Lipinski definition) is 1. The molecule has 0 saturated carbocycles. The third-order valence-corrected chi connectivity index (χ3v) is 3.34. The Labute approximate surface area is 138 Å². The fourth-order valence-corrected chi connectivity index (χ4v) is 2.33. The van der Waals surface area contributed by atoms with Gasteiger partial charge < -0.3 is 15.2 Å². The number of benzene rings is 2. The Morgan fingerprint density at radius 2 is 1.77 bits per heavy atom. The van der Waals surface area contributed by atoms with Crippen molar-refractivity contribution in [2.24, 2.45) is 0 Å². The zero-order valence-electron chi connectivity index (χ0n) is 13.2. The molecule has 0 radical (unpaired) electrons. The number of nitrogens with zero attached hydrogens (tertiary/aromatic N) is 1. The monoisotopic (exact) mass is 322 g/mol. The summed E-state index contributed by atoms with van der Waals surface area (Å²) in [5.74, 6) is 1.64. The maximum atomic E-state index is 5.81. The van der Waals surface area contributed by atoms with Crippen LogP contribution in [-0.2, 0) is 13.1 Å². The summed E-state index contributed by atoms with van der Waals surface area (Å²) in [7, 11) is 5.41. The van der Waals surface area contributed by atoms with Crippen LogP contribution in [0.1, 0.15) is 11.1 Å². The van der Waals surface area contributed by atoms with Crippen LogP contribution in [0.2, 0.25) is 0 Å². The quantitative estimate of drug-likeness (QED) is 0.829. The lowest BCUT2D eigenvalue weighted by molar-refractivity contribution is 0.309. The Morgan fingerprint density at radius 1 is 1.00 bits per heavy atom. The summed E-state index contributed by atoms with van der Waals surface area (Å²) >= 11 is 0. The van der Waals surface area contributed by atoms with Crippen LogP contribution in [-0.4, -0.2) is 26.2 Å². The molecule has 4 nitrogen and oxygen atoms in total. The van der Waals surface area contributed by atoms with Gasteiger partial charge >= 0.3 is 0 Å². The number of nitrogen functional groups attached to an aromatic ring is 1. The van der Waals surface area contributed by atoms with Gasteiger partial charge in [0.05, 0.1) is 14.2 Å². The molecule has 0 aliphatic rings. The second kappa shape index (κ2) is 8.51. The number of ether oxygens (including phenoxy) is 2. The molecule has 0 aliphatic heterocycles. The van der Waals surface area contributed by atoms with Gasteiger partial charge in [-0.15, -0.1) is 12.4 Å². The van der Waals surface area contributed by atoms with Crippen molar-refractivity contribution in [1.29, 1.82) is 0 Å². The third kappa shape index (κ3) is 4.83. The number of hydrogen-bond acceptors (Lipinski definition) is 4. The highest BCUT2D eigenvalue weighted by Gasteiger charge is 2.08. The molecule has 0 aromatic heterocycles. The minimum atomic E-state index is 0. The zero-order chi connectivity index (χ0) is 15.2. The third-order valence-electron chi connectivity index (χ3n) is 3.34. The lowest BCUT2D eigenvalue weighted by atomic mass is 10.1. The van der Waals surface area contributed by atoms with Crippen LogP contribution in [0.5, 0.6) is 11.5 Å². The first-order valence-corrected chi connectivity index (χ1v) is 6.86. The summed E-state index contributed by atoms with van der Waals surface area (Å²) in [5.41, 5.74) is 8.93. The van der Waals surface area contributed by atoms with E-state index in [1.54, 1.807) is 14.2 Å². The summed E-state index contributed by atoms with van der Waals surface area (Å²) in [6.07, 6.45) is 0. The number of rotatable bonds is 6. The van der Waals surface area contributed by atoms with Crippen LogP contribution >= 0.6 is 12.4 Å². The highest BCUT2D eigenvalue weighted by molar-refractivity contribution is 5.85. The second-order valence-electron chi connectivity index (χ2n) is 5.10. The van der Waals surface area contributed by atoms with E-state index < -0.39 is 0 Å². The average molecular weight is 323 g/mol. The van der Waals surface area contributed by atoms with Crippen LogP contribution in [0.15, 0.2) is 42.5 Å². The van der Waals surface area contributed by atoms with Crippen molar-refractivity contribution in [2.45, 2.75) is 13.1 Å². The molecule has 0 heterocycles. The summed E-state index contributed by atoms with van der Waals surface area (Å²) in [6, 6.07) is 13.9. The van der Waals surface area contributed by atoms with Crippen LogP contribution in [0.3, 0.4) is 0 Å². The highest BCUT2D eigenvalue weighted by atomic mass is 35.5. The topological polar surface area (TPSA) is 47.7 Å². The molecule has 120 valence electrons. The first-order valence-electron chi connectivity index (χ1n) is 6.86. The molecule has 0 unspecified atom stereocenters. The molecule has 0 fully saturated rings. The molecule has 2 aromatic carbocycles. The van der Waals surface area contributed by atoms with Crippen molar-refractivity contribution < 1.29 is 9.47 Å². The maximum absolute atomic E-state index is 5.81. The molecule has 5 heteroatoms. The Bertz CT molecular complexity index is 605. The zero-order valence-corrected chi connectivity index (χ0v) is 14.0. The van der Waals surface area contributed by atoms with Gasteiger partial charge in [-0.05, 0) is 30.8 Å². The molecule has 2 N–H and O–H groups in total. The van der Waals surface area contributed by atoms with E-state index >= 15 is 0 Å². The molecular weight excluding hydrogens is 300 g/mol. The number of nitrogens with two attached hydrogens (primary N) is 1. The van der Waals surface area contributed by atoms with Crippen molar-refractivity contribution in [2.75, 3.05) is 27.0 Å². The molecule has 0 saturated heterocycles.